The molecule has 0 aliphatic heterocycles. The molecule has 0 aromatic carbocycles. The molecule has 0 aromatic rings. The van der Waals surface area contributed by atoms with Crippen LogP contribution in [0.25, 0.3) is 0 Å². The van der Waals surface area contributed by atoms with Gasteiger partial charge in [-0.2, -0.15) is 0 Å². The first kappa shape index (κ1) is 23.1. The molecule has 0 unspecified atom stereocenters. The lowest BCUT2D eigenvalue weighted by Gasteiger charge is -2.34. The molecule has 2 nitrogen and oxygen atoms in total. The van der Waals surface area contributed by atoms with Gasteiger partial charge in [-0.3, -0.25) is 4.79 Å². The highest BCUT2D eigenvalue weighted by atomic mass is 16.1. The average molecular weight is 363 g/mol. The molecule has 0 saturated carbocycles. The average Bonchev–Trinajstić information content (AvgIpc) is 2.61. The molecule has 1 aliphatic rings. The first-order valence-corrected chi connectivity index (χ1v) is 11.2. The van der Waals surface area contributed by atoms with Crippen LogP contribution in [-0.4, -0.2) is 12.1 Å². The van der Waals surface area contributed by atoms with E-state index in [4.69, 9.17) is 0 Å². The molecule has 0 amide bonds. The van der Waals surface area contributed by atoms with Gasteiger partial charge in [0.2, 0.25) is 0 Å². The summed E-state index contributed by atoms with van der Waals surface area (Å²) in [5, 5.41) is 0. The quantitative estimate of drug-likeness (QED) is 0.225. The summed E-state index contributed by atoms with van der Waals surface area (Å²) in [4.78, 5) is 22.2. The Kier molecular flexibility index (Phi) is 11.8. The molecular weight excluding hydrogens is 320 g/mol. The predicted molar refractivity (Wildman–Crippen MR) is 111 cm³/mol. The first-order chi connectivity index (χ1) is 12.5. The van der Waals surface area contributed by atoms with Gasteiger partial charge in [0.1, 0.15) is 6.29 Å². The lowest BCUT2D eigenvalue weighted by atomic mass is 9.70. The Labute approximate surface area is 162 Å². The summed E-state index contributed by atoms with van der Waals surface area (Å²) in [6.45, 7) is 6.65. The Hall–Kier alpha value is -0.920. The maximum atomic E-state index is 12.0. The number of allylic oxidation sites excluding steroid dienone is 2. The second-order valence-corrected chi connectivity index (χ2v) is 8.86. The van der Waals surface area contributed by atoms with E-state index >= 15 is 0 Å². The monoisotopic (exact) mass is 362 g/mol. The van der Waals surface area contributed by atoms with Crippen molar-refractivity contribution in [2.75, 3.05) is 0 Å². The molecule has 1 aliphatic carbocycles. The maximum absolute atomic E-state index is 12.0. The molecule has 150 valence electrons. The summed E-state index contributed by atoms with van der Waals surface area (Å²) in [6, 6.07) is 0. The van der Waals surface area contributed by atoms with Gasteiger partial charge in [-0.05, 0) is 43.6 Å². The third-order valence-electron chi connectivity index (χ3n) is 6.16. The van der Waals surface area contributed by atoms with E-state index in [1.54, 1.807) is 0 Å². The SMILES string of the molecule is CC1=C(CCCCCCCCCCCCCCC=O)C(C)(C)CCC1=O. The molecule has 0 aromatic heterocycles. The van der Waals surface area contributed by atoms with Gasteiger partial charge in [-0.25, -0.2) is 0 Å². The van der Waals surface area contributed by atoms with Gasteiger partial charge < -0.3 is 4.79 Å². The minimum atomic E-state index is 0.227. The van der Waals surface area contributed by atoms with Crippen molar-refractivity contribution in [3.63, 3.8) is 0 Å². The lowest BCUT2D eigenvalue weighted by molar-refractivity contribution is -0.116. The van der Waals surface area contributed by atoms with Crippen molar-refractivity contribution >= 4 is 12.1 Å². The van der Waals surface area contributed by atoms with Gasteiger partial charge in [0, 0.05) is 12.8 Å². The van der Waals surface area contributed by atoms with E-state index < -0.39 is 0 Å². The van der Waals surface area contributed by atoms with Crippen LogP contribution in [-0.2, 0) is 9.59 Å². The summed E-state index contributed by atoms with van der Waals surface area (Å²) in [5.41, 5.74) is 2.72. The largest absolute Gasteiger partial charge is 0.303 e. The minimum absolute atomic E-state index is 0.227. The Morgan fingerprint density at radius 2 is 1.27 bits per heavy atom. The number of carbonyl (C=O) groups is 2. The smallest absolute Gasteiger partial charge is 0.158 e. The molecule has 1 rings (SSSR count). The van der Waals surface area contributed by atoms with Crippen LogP contribution in [0.1, 0.15) is 124 Å². The number of rotatable bonds is 15. The Morgan fingerprint density at radius 3 is 1.77 bits per heavy atom. The first-order valence-electron chi connectivity index (χ1n) is 11.2. The van der Waals surface area contributed by atoms with Crippen molar-refractivity contribution in [2.24, 2.45) is 5.41 Å². The zero-order valence-electron chi connectivity index (χ0n) is 17.7. The standard InChI is InChI=1S/C24H42O2/c1-21-22(24(2,3)19-18-23(21)26)17-15-13-11-9-7-5-4-6-8-10-12-14-16-20-25/h20H,4-19H2,1-3H3. The third-order valence-corrected chi connectivity index (χ3v) is 6.16. The van der Waals surface area contributed by atoms with Crippen molar-refractivity contribution < 1.29 is 9.59 Å². The van der Waals surface area contributed by atoms with Crippen LogP contribution < -0.4 is 0 Å². The maximum Gasteiger partial charge on any atom is 0.158 e. The van der Waals surface area contributed by atoms with Crippen molar-refractivity contribution in [1.29, 1.82) is 0 Å². The van der Waals surface area contributed by atoms with Crippen LogP contribution in [0.3, 0.4) is 0 Å². The summed E-state index contributed by atoms with van der Waals surface area (Å²) < 4.78 is 0. The highest BCUT2D eigenvalue weighted by molar-refractivity contribution is 5.96. The minimum Gasteiger partial charge on any atom is -0.303 e. The van der Waals surface area contributed by atoms with Crippen molar-refractivity contribution in [3.05, 3.63) is 11.1 Å². The molecule has 0 spiro atoms. The summed E-state index contributed by atoms with van der Waals surface area (Å²) in [5.74, 6) is 0.378. The van der Waals surface area contributed by atoms with Crippen LogP contribution >= 0.6 is 0 Å². The highest BCUT2D eigenvalue weighted by Crippen LogP contribution is 2.41. The Morgan fingerprint density at radius 1 is 0.808 bits per heavy atom. The Bertz CT molecular complexity index is 445. The molecule has 26 heavy (non-hydrogen) atoms. The second kappa shape index (κ2) is 13.3. The molecule has 0 saturated heterocycles. The van der Waals surface area contributed by atoms with Crippen LogP contribution in [0, 0.1) is 5.41 Å². The van der Waals surface area contributed by atoms with Crippen LogP contribution in [0.4, 0.5) is 0 Å². The normalized spacial score (nSPS) is 17.0. The number of unbranched alkanes of at least 4 members (excludes halogenated alkanes) is 12. The highest BCUT2D eigenvalue weighted by Gasteiger charge is 2.31. The van der Waals surface area contributed by atoms with Crippen LogP contribution in [0.15, 0.2) is 11.1 Å². The summed E-state index contributed by atoms with van der Waals surface area (Å²) in [6.07, 6.45) is 20.3. The molecule has 0 atom stereocenters. The van der Waals surface area contributed by atoms with Gasteiger partial charge >= 0.3 is 0 Å². The van der Waals surface area contributed by atoms with E-state index in [2.05, 4.69) is 13.8 Å². The third kappa shape index (κ3) is 9.14. The molecule has 0 radical (unpaired) electrons. The predicted octanol–water partition coefficient (Wildman–Crippen LogP) is 7.35. The van der Waals surface area contributed by atoms with E-state index in [1.807, 2.05) is 6.92 Å². The molecule has 0 heterocycles. The van der Waals surface area contributed by atoms with E-state index in [-0.39, 0.29) is 5.41 Å². The fraction of sp³-hybridized carbons (Fsp3) is 0.833. The van der Waals surface area contributed by atoms with Gasteiger partial charge in [0.25, 0.3) is 0 Å². The Balaban J connectivity index is 1.97. The van der Waals surface area contributed by atoms with Crippen molar-refractivity contribution in [1.82, 2.24) is 0 Å². The molecule has 0 bridgehead atoms. The molecular formula is C24H42O2. The number of aldehydes is 1. The number of carbonyl (C=O) groups excluding carboxylic acids is 2. The number of ketones is 1. The summed E-state index contributed by atoms with van der Waals surface area (Å²) >= 11 is 0. The van der Waals surface area contributed by atoms with E-state index in [9.17, 15) is 9.59 Å². The van der Waals surface area contributed by atoms with Gasteiger partial charge in [0.05, 0.1) is 0 Å². The van der Waals surface area contributed by atoms with Crippen molar-refractivity contribution in [2.45, 2.75) is 124 Å². The van der Waals surface area contributed by atoms with Crippen LogP contribution in [0.2, 0.25) is 0 Å². The molecule has 0 fully saturated rings. The zero-order chi connectivity index (χ0) is 19.3. The number of hydrogen-bond donors (Lipinski definition) is 0. The number of hydrogen-bond acceptors (Lipinski definition) is 2. The molecule has 0 N–H and O–H groups in total. The van der Waals surface area contributed by atoms with Crippen LogP contribution in [0.5, 0.6) is 0 Å². The van der Waals surface area contributed by atoms with Crippen molar-refractivity contribution in [3.8, 4) is 0 Å². The van der Waals surface area contributed by atoms with Gasteiger partial charge in [-0.1, -0.05) is 83.6 Å². The topological polar surface area (TPSA) is 34.1 Å². The van der Waals surface area contributed by atoms with Gasteiger partial charge in [-0.15, -0.1) is 0 Å². The second-order valence-electron chi connectivity index (χ2n) is 8.86. The summed E-state index contributed by atoms with van der Waals surface area (Å²) in [7, 11) is 0. The lowest BCUT2D eigenvalue weighted by Crippen LogP contribution is -2.25. The fourth-order valence-electron chi connectivity index (χ4n) is 4.26. The molecule has 2 heteroatoms. The van der Waals surface area contributed by atoms with E-state index in [0.717, 1.165) is 44.0 Å². The van der Waals surface area contributed by atoms with E-state index in [0.29, 0.717) is 5.78 Å². The fourth-order valence-corrected chi connectivity index (χ4v) is 4.26. The zero-order valence-corrected chi connectivity index (χ0v) is 17.7. The number of Topliss-reactive ketones (excluding diaryl/α,β-unsaturated/α-hetero) is 1. The van der Waals surface area contributed by atoms with Gasteiger partial charge in [0.15, 0.2) is 5.78 Å². The van der Waals surface area contributed by atoms with E-state index in [1.165, 1.54) is 76.2 Å².